The Balaban J connectivity index is 2.09. The van der Waals surface area contributed by atoms with Gasteiger partial charge in [-0.1, -0.05) is 48.5 Å². The van der Waals surface area contributed by atoms with Crippen molar-refractivity contribution in [2.24, 2.45) is 0 Å². The Kier molecular flexibility index (Phi) is 4.42. The molecule has 0 aliphatic carbocycles. The summed E-state index contributed by atoms with van der Waals surface area (Å²) in [5, 5.41) is 1.76. The zero-order valence-corrected chi connectivity index (χ0v) is 15.8. The molecule has 0 spiro atoms. The second-order valence-electron chi connectivity index (χ2n) is 6.28. The van der Waals surface area contributed by atoms with Crippen LogP contribution in [0, 0.1) is 6.92 Å². The highest BCUT2D eigenvalue weighted by Crippen LogP contribution is 2.41. The van der Waals surface area contributed by atoms with Crippen LogP contribution >= 0.6 is 0 Å². The lowest BCUT2D eigenvalue weighted by atomic mass is 9.98. The maximum atomic E-state index is 12.9. The van der Waals surface area contributed by atoms with Gasteiger partial charge in [0.25, 0.3) is 0 Å². The number of hydrogen-bond donors (Lipinski definition) is 0. The predicted molar refractivity (Wildman–Crippen MR) is 103 cm³/mol. The first-order valence-electron chi connectivity index (χ1n) is 8.44. The Hall–Kier alpha value is -3.20. The van der Waals surface area contributed by atoms with Crippen molar-refractivity contribution in [1.82, 2.24) is 9.97 Å². The number of hydrogen-bond acceptors (Lipinski definition) is 5. The average molecular weight is 418 g/mol. The minimum absolute atomic E-state index is 0.151. The molecule has 0 aliphatic rings. The Morgan fingerprint density at radius 1 is 0.862 bits per heavy atom. The molecular formula is C20H13F3N2O3S. The Labute approximate surface area is 163 Å². The molecule has 4 aromatic rings. The number of aryl methyl sites for hydroxylation is 1. The molecule has 1 heterocycles. The van der Waals surface area contributed by atoms with Gasteiger partial charge in [0.15, 0.2) is 5.75 Å². The van der Waals surface area contributed by atoms with Crippen LogP contribution in [0.25, 0.3) is 32.9 Å². The largest absolute Gasteiger partial charge is 0.534 e. The van der Waals surface area contributed by atoms with Gasteiger partial charge in [0.2, 0.25) is 0 Å². The lowest BCUT2D eigenvalue weighted by molar-refractivity contribution is -0.0499. The van der Waals surface area contributed by atoms with Crippen LogP contribution in [-0.4, -0.2) is 23.9 Å². The van der Waals surface area contributed by atoms with E-state index >= 15 is 0 Å². The molecule has 0 saturated carbocycles. The molecule has 1 aromatic heterocycles. The van der Waals surface area contributed by atoms with Crippen molar-refractivity contribution >= 4 is 31.8 Å². The first-order valence-corrected chi connectivity index (χ1v) is 9.84. The van der Waals surface area contributed by atoms with E-state index < -0.39 is 21.4 Å². The van der Waals surface area contributed by atoms with Gasteiger partial charge in [0, 0.05) is 5.39 Å². The predicted octanol–water partition coefficient (Wildman–Crippen LogP) is 4.99. The summed E-state index contributed by atoms with van der Waals surface area (Å²) < 4.78 is 66.8. The van der Waals surface area contributed by atoms with Gasteiger partial charge in [-0.3, -0.25) is 0 Å². The summed E-state index contributed by atoms with van der Waals surface area (Å²) in [5.41, 5.74) is -4.54. The summed E-state index contributed by atoms with van der Waals surface area (Å²) >= 11 is 0. The molecule has 0 unspecified atom stereocenters. The molecule has 29 heavy (non-hydrogen) atoms. The smallest absolute Gasteiger partial charge is 0.375 e. The molecule has 0 fully saturated rings. The molecule has 3 aromatic carbocycles. The quantitative estimate of drug-likeness (QED) is 0.346. The van der Waals surface area contributed by atoms with Crippen LogP contribution in [0.5, 0.6) is 5.75 Å². The van der Waals surface area contributed by atoms with Gasteiger partial charge in [-0.25, -0.2) is 9.97 Å². The standard InChI is InChI=1S/C20H13F3N2O3S/c1-12-24-16-9-5-4-8-15(16)19(25-12)18-14-7-3-2-6-13(14)10-11-17(18)28-29(26,27)20(21,22)23/h2-11H,1H3. The molecule has 148 valence electrons. The Bertz CT molecular complexity index is 1350. The fourth-order valence-electron chi connectivity index (χ4n) is 3.11. The molecule has 0 bridgehead atoms. The molecular weight excluding hydrogens is 405 g/mol. The normalized spacial score (nSPS) is 12.4. The second kappa shape index (κ2) is 6.70. The molecule has 0 amide bonds. The van der Waals surface area contributed by atoms with Crippen molar-refractivity contribution in [1.29, 1.82) is 0 Å². The van der Waals surface area contributed by atoms with E-state index in [2.05, 4.69) is 14.2 Å². The first kappa shape index (κ1) is 19.1. The van der Waals surface area contributed by atoms with E-state index in [-0.39, 0.29) is 11.3 Å². The number of fused-ring (bicyclic) bond motifs is 2. The van der Waals surface area contributed by atoms with Gasteiger partial charge >= 0.3 is 15.6 Å². The van der Waals surface area contributed by atoms with Crippen LogP contribution in [0.4, 0.5) is 13.2 Å². The number of aromatic nitrogens is 2. The SMILES string of the molecule is Cc1nc(-c2c(OS(=O)(=O)C(F)(F)F)ccc3ccccc23)c2ccccc2n1. The van der Waals surface area contributed by atoms with Crippen molar-refractivity contribution in [3.63, 3.8) is 0 Å². The third-order valence-electron chi connectivity index (χ3n) is 4.33. The summed E-state index contributed by atoms with van der Waals surface area (Å²) in [6.45, 7) is 1.65. The van der Waals surface area contributed by atoms with Crippen molar-refractivity contribution in [3.05, 3.63) is 66.5 Å². The van der Waals surface area contributed by atoms with Crippen LogP contribution in [0.2, 0.25) is 0 Å². The fraction of sp³-hybridized carbons (Fsp3) is 0.100. The third-order valence-corrected chi connectivity index (χ3v) is 5.29. The number of benzene rings is 3. The summed E-state index contributed by atoms with van der Waals surface area (Å²) in [5.74, 6) is -0.0689. The first-order chi connectivity index (χ1) is 13.7. The summed E-state index contributed by atoms with van der Waals surface area (Å²) in [6.07, 6.45) is 0. The zero-order chi connectivity index (χ0) is 20.8. The van der Waals surface area contributed by atoms with E-state index in [1.165, 1.54) is 12.1 Å². The molecule has 0 radical (unpaired) electrons. The second-order valence-corrected chi connectivity index (χ2v) is 7.82. The number of alkyl halides is 3. The lowest BCUT2D eigenvalue weighted by Gasteiger charge is -2.16. The molecule has 0 saturated heterocycles. The Morgan fingerprint density at radius 3 is 2.24 bits per heavy atom. The molecule has 0 atom stereocenters. The van der Waals surface area contributed by atoms with Gasteiger partial charge < -0.3 is 4.18 Å². The highest BCUT2D eigenvalue weighted by atomic mass is 32.2. The van der Waals surface area contributed by atoms with E-state index in [1.807, 2.05) is 0 Å². The Morgan fingerprint density at radius 2 is 1.52 bits per heavy atom. The van der Waals surface area contributed by atoms with Crippen LogP contribution in [0.1, 0.15) is 5.82 Å². The number of para-hydroxylation sites is 1. The van der Waals surface area contributed by atoms with Crippen molar-refractivity contribution in [2.45, 2.75) is 12.4 Å². The third kappa shape index (κ3) is 3.38. The summed E-state index contributed by atoms with van der Waals surface area (Å²) in [4.78, 5) is 8.74. The number of rotatable bonds is 3. The topological polar surface area (TPSA) is 69.2 Å². The molecule has 5 nitrogen and oxygen atoms in total. The molecule has 0 N–H and O–H groups in total. The van der Waals surface area contributed by atoms with Gasteiger partial charge in [-0.15, -0.1) is 0 Å². The van der Waals surface area contributed by atoms with Gasteiger partial charge in [-0.05, 0) is 29.8 Å². The number of halogens is 3. The minimum Gasteiger partial charge on any atom is -0.375 e. The van der Waals surface area contributed by atoms with Crippen molar-refractivity contribution in [3.8, 4) is 17.0 Å². The maximum Gasteiger partial charge on any atom is 0.534 e. The van der Waals surface area contributed by atoms with Crippen molar-refractivity contribution in [2.75, 3.05) is 0 Å². The average Bonchev–Trinajstić information content (AvgIpc) is 2.66. The van der Waals surface area contributed by atoms with Crippen LogP contribution in [0.3, 0.4) is 0 Å². The monoisotopic (exact) mass is 418 g/mol. The molecule has 0 aliphatic heterocycles. The minimum atomic E-state index is -5.86. The number of nitrogens with zero attached hydrogens (tertiary/aromatic N) is 2. The van der Waals surface area contributed by atoms with E-state index in [0.29, 0.717) is 27.5 Å². The van der Waals surface area contributed by atoms with E-state index in [9.17, 15) is 21.6 Å². The fourth-order valence-corrected chi connectivity index (χ4v) is 3.58. The van der Waals surface area contributed by atoms with Gasteiger partial charge in [-0.2, -0.15) is 21.6 Å². The maximum absolute atomic E-state index is 12.9. The van der Waals surface area contributed by atoms with Gasteiger partial charge in [0.1, 0.15) is 5.82 Å². The zero-order valence-electron chi connectivity index (χ0n) is 14.9. The van der Waals surface area contributed by atoms with E-state index in [4.69, 9.17) is 0 Å². The van der Waals surface area contributed by atoms with Crippen LogP contribution in [-0.2, 0) is 10.1 Å². The van der Waals surface area contributed by atoms with E-state index in [0.717, 1.165) is 0 Å². The highest BCUT2D eigenvalue weighted by Gasteiger charge is 2.49. The van der Waals surface area contributed by atoms with E-state index in [1.54, 1.807) is 55.5 Å². The van der Waals surface area contributed by atoms with Crippen LogP contribution < -0.4 is 4.18 Å². The highest BCUT2D eigenvalue weighted by molar-refractivity contribution is 7.88. The van der Waals surface area contributed by atoms with Gasteiger partial charge in [0.05, 0.1) is 16.8 Å². The molecule has 4 rings (SSSR count). The summed E-state index contributed by atoms with van der Waals surface area (Å²) in [7, 11) is -5.86. The summed E-state index contributed by atoms with van der Waals surface area (Å²) in [6, 6.07) is 16.6. The molecule has 9 heteroatoms. The lowest BCUT2D eigenvalue weighted by Crippen LogP contribution is -2.28. The van der Waals surface area contributed by atoms with Crippen molar-refractivity contribution < 1.29 is 25.8 Å². The van der Waals surface area contributed by atoms with Crippen LogP contribution in [0.15, 0.2) is 60.7 Å².